The number of hydrogen-bond donors (Lipinski definition) is 2. The first-order valence-electron chi connectivity index (χ1n) is 7.87. The maximum atomic E-state index is 12.0. The first kappa shape index (κ1) is 15.8. The van der Waals surface area contributed by atoms with Gasteiger partial charge in [0, 0.05) is 18.8 Å². The molecule has 0 unspecified atom stereocenters. The summed E-state index contributed by atoms with van der Waals surface area (Å²) >= 11 is 0. The molecule has 0 aliphatic rings. The average molecular weight is 320 g/mol. The summed E-state index contributed by atoms with van der Waals surface area (Å²) in [4.78, 5) is 12.0. The van der Waals surface area contributed by atoms with Crippen molar-refractivity contribution in [3.63, 3.8) is 0 Å². The fraction of sp³-hybridized carbons (Fsp3) is 0.158. The highest BCUT2D eigenvalue weighted by atomic mass is 16.2. The fourth-order valence-electron chi connectivity index (χ4n) is 2.43. The Hall–Kier alpha value is -3.08. The summed E-state index contributed by atoms with van der Waals surface area (Å²) in [5, 5.41) is 9.97. The van der Waals surface area contributed by atoms with Crippen molar-refractivity contribution < 1.29 is 4.79 Å². The number of anilines is 1. The van der Waals surface area contributed by atoms with Gasteiger partial charge in [-0.1, -0.05) is 54.6 Å². The second kappa shape index (κ2) is 7.46. The summed E-state index contributed by atoms with van der Waals surface area (Å²) in [5.41, 5.74) is 3.42. The molecule has 0 spiro atoms. The number of benzene rings is 2. The third kappa shape index (κ3) is 4.23. The van der Waals surface area contributed by atoms with Gasteiger partial charge in [-0.25, -0.2) is 4.79 Å². The zero-order valence-corrected chi connectivity index (χ0v) is 13.6. The van der Waals surface area contributed by atoms with Crippen LogP contribution in [0.2, 0.25) is 0 Å². The quantitative estimate of drug-likeness (QED) is 0.755. The molecule has 2 N–H and O–H groups in total. The molecule has 0 atom stereocenters. The van der Waals surface area contributed by atoms with Crippen LogP contribution in [0.15, 0.2) is 66.9 Å². The van der Waals surface area contributed by atoms with Crippen LogP contribution in [0.4, 0.5) is 10.6 Å². The lowest BCUT2D eigenvalue weighted by molar-refractivity contribution is 0.251. The van der Waals surface area contributed by atoms with Crippen molar-refractivity contribution in [2.24, 2.45) is 0 Å². The van der Waals surface area contributed by atoms with Crippen LogP contribution in [0.3, 0.4) is 0 Å². The van der Waals surface area contributed by atoms with Gasteiger partial charge in [-0.05, 0) is 23.6 Å². The largest absolute Gasteiger partial charge is 0.334 e. The van der Waals surface area contributed by atoms with Crippen LogP contribution >= 0.6 is 0 Å². The zero-order chi connectivity index (χ0) is 16.8. The standard InChI is InChI=1S/C19H20N4O/c1-15-7-5-6-10-17(15)13-20-19(24)21-18-11-12-23(22-18)14-16-8-3-2-4-9-16/h2-12H,13-14H2,1H3,(H2,20,21,22,24). The zero-order valence-electron chi connectivity index (χ0n) is 13.6. The highest BCUT2D eigenvalue weighted by molar-refractivity contribution is 5.88. The van der Waals surface area contributed by atoms with Gasteiger partial charge < -0.3 is 5.32 Å². The molecule has 1 heterocycles. The third-order valence-corrected chi connectivity index (χ3v) is 3.77. The summed E-state index contributed by atoms with van der Waals surface area (Å²) < 4.78 is 1.80. The molecule has 0 bridgehead atoms. The van der Waals surface area contributed by atoms with Crippen molar-refractivity contribution >= 4 is 11.8 Å². The molecule has 2 amide bonds. The van der Waals surface area contributed by atoms with E-state index < -0.39 is 0 Å². The summed E-state index contributed by atoms with van der Waals surface area (Å²) in [6.45, 7) is 3.19. The molecule has 0 aliphatic carbocycles. The number of aromatic nitrogens is 2. The van der Waals surface area contributed by atoms with E-state index in [1.807, 2.05) is 67.7 Å². The van der Waals surface area contributed by atoms with Crippen molar-refractivity contribution in [1.29, 1.82) is 0 Å². The van der Waals surface area contributed by atoms with Crippen LogP contribution in [-0.2, 0) is 13.1 Å². The number of nitrogens with zero attached hydrogens (tertiary/aromatic N) is 2. The van der Waals surface area contributed by atoms with E-state index in [-0.39, 0.29) is 6.03 Å². The van der Waals surface area contributed by atoms with Gasteiger partial charge in [0.05, 0.1) is 6.54 Å². The lowest BCUT2D eigenvalue weighted by Gasteiger charge is -2.08. The molecule has 3 aromatic rings. The lowest BCUT2D eigenvalue weighted by Crippen LogP contribution is -2.28. The topological polar surface area (TPSA) is 59.0 Å². The molecule has 3 rings (SSSR count). The Labute approximate surface area is 141 Å². The number of nitrogens with one attached hydrogen (secondary N) is 2. The molecule has 5 nitrogen and oxygen atoms in total. The minimum Gasteiger partial charge on any atom is -0.334 e. The Kier molecular flexibility index (Phi) is 4.91. The normalized spacial score (nSPS) is 10.4. The Balaban J connectivity index is 1.53. The van der Waals surface area contributed by atoms with Gasteiger partial charge in [0.1, 0.15) is 0 Å². The van der Waals surface area contributed by atoms with E-state index in [1.165, 1.54) is 0 Å². The van der Waals surface area contributed by atoms with Crippen LogP contribution in [0.5, 0.6) is 0 Å². The number of urea groups is 1. The van der Waals surface area contributed by atoms with E-state index in [0.29, 0.717) is 18.9 Å². The Morgan fingerprint density at radius 3 is 2.58 bits per heavy atom. The summed E-state index contributed by atoms with van der Waals surface area (Å²) in [5.74, 6) is 0.535. The van der Waals surface area contributed by atoms with E-state index in [2.05, 4.69) is 15.7 Å². The molecule has 122 valence electrons. The van der Waals surface area contributed by atoms with E-state index in [9.17, 15) is 4.79 Å². The molecular formula is C19H20N4O. The number of carbonyl (C=O) groups excluding carboxylic acids is 1. The van der Waals surface area contributed by atoms with Gasteiger partial charge in [0.15, 0.2) is 5.82 Å². The van der Waals surface area contributed by atoms with E-state index in [4.69, 9.17) is 0 Å². The highest BCUT2D eigenvalue weighted by Gasteiger charge is 2.06. The third-order valence-electron chi connectivity index (χ3n) is 3.77. The maximum absolute atomic E-state index is 12.0. The van der Waals surface area contributed by atoms with Gasteiger partial charge in [0.2, 0.25) is 0 Å². The molecule has 0 radical (unpaired) electrons. The molecule has 0 saturated carbocycles. The average Bonchev–Trinajstić information content (AvgIpc) is 3.02. The molecule has 0 saturated heterocycles. The molecule has 24 heavy (non-hydrogen) atoms. The van der Waals surface area contributed by atoms with Crippen molar-refractivity contribution in [3.8, 4) is 0 Å². The second-order valence-corrected chi connectivity index (χ2v) is 5.62. The van der Waals surface area contributed by atoms with Gasteiger partial charge >= 0.3 is 6.03 Å². The number of carbonyl (C=O) groups is 1. The molecule has 5 heteroatoms. The minimum atomic E-state index is -0.261. The van der Waals surface area contributed by atoms with Crippen LogP contribution in [0.25, 0.3) is 0 Å². The molecule has 0 fully saturated rings. The first-order chi connectivity index (χ1) is 11.7. The van der Waals surface area contributed by atoms with Gasteiger partial charge in [0.25, 0.3) is 0 Å². The first-order valence-corrected chi connectivity index (χ1v) is 7.87. The lowest BCUT2D eigenvalue weighted by atomic mass is 10.1. The smallest absolute Gasteiger partial charge is 0.320 e. The van der Waals surface area contributed by atoms with Crippen molar-refractivity contribution in [2.45, 2.75) is 20.0 Å². The number of rotatable bonds is 5. The number of aryl methyl sites for hydroxylation is 1. The SMILES string of the molecule is Cc1ccccc1CNC(=O)Nc1ccn(Cc2ccccc2)n1. The number of hydrogen-bond acceptors (Lipinski definition) is 2. The van der Waals surface area contributed by atoms with Crippen LogP contribution in [-0.4, -0.2) is 15.8 Å². The van der Waals surface area contributed by atoms with Crippen LogP contribution in [0.1, 0.15) is 16.7 Å². The summed E-state index contributed by atoms with van der Waals surface area (Å²) in [6, 6.07) is 19.6. The molecule has 1 aromatic heterocycles. The second-order valence-electron chi connectivity index (χ2n) is 5.62. The number of amides is 2. The summed E-state index contributed by atoms with van der Waals surface area (Å²) in [6.07, 6.45) is 1.85. The van der Waals surface area contributed by atoms with Crippen molar-refractivity contribution in [3.05, 3.63) is 83.6 Å². The van der Waals surface area contributed by atoms with Gasteiger partial charge in [-0.3, -0.25) is 10.00 Å². The van der Waals surface area contributed by atoms with Gasteiger partial charge in [-0.15, -0.1) is 0 Å². The summed E-state index contributed by atoms with van der Waals surface area (Å²) in [7, 11) is 0. The van der Waals surface area contributed by atoms with E-state index >= 15 is 0 Å². The van der Waals surface area contributed by atoms with Crippen molar-refractivity contribution in [2.75, 3.05) is 5.32 Å². The van der Waals surface area contributed by atoms with E-state index in [1.54, 1.807) is 10.7 Å². The molecular weight excluding hydrogens is 300 g/mol. The van der Waals surface area contributed by atoms with Crippen molar-refractivity contribution in [1.82, 2.24) is 15.1 Å². The monoisotopic (exact) mass is 320 g/mol. The Morgan fingerprint density at radius 1 is 1.04 bits per heavy atom. The highest BCUT2D eigenvalue weighted by Crippen LogP contribution is 2.08. The van der Waals surface area contributed by atoms with Crippen LogP contribution in [0, 0.1) is 6.92 Å². The molecule has 0 aliphatic heterocycles. The Bertz CT molecular complexity index is 811. The molecule has 2 aromatic carbocycles. The maximum Gasteiger partial charge on any atom is 0.320 e. The Morgan fingerprint density at radius 2 is 1.79 bits per heavy atom. The predicted molar refractivity (Wildman–Crippen MR) is 94.8 cm³/mol. The van der Waals surface area contributed by atoms with E-state index in [0.717, 1.165) is 16.7 Å². The predicted octanol–water partition coefficient (Wildman–Crippen LogP) is 3.56. The minimum absolute atomic E-state index is 0.261. The van der Waals surface area contributed by atoms with Crippen LogP contribution < -0.4 is 10.6 Å². The van der Waals surface area contributed by atoms with Gasteiger partial charge in [-0.2, -0.15) is 5.10 Å². The fourth-order valence-corrected chi connectivity index (χ4v) is 2.43.